The molecule has 0 saturated heterocycles. The molecule has 0 bridgehead atoms. The predicted molar refractivity (Wildman–Crippen MR) is 102 cm³/mol. The summed E-state index contributed by atoms with van der Waals surface area (Å²) in [5, 5.41) is 5.48. The summed E-state index contributed by atoms with van der Waals surface area (Å²) in [6, 6.07) is 11.0. The number of ether oxygens (including phenoxy) is 1. The van der Waals surface area contributed by atoms with Gasteiger partial charge in [-0.25, -0.2) is 0 Å². The molecule has 6 heteroatoms. The van der Waals surface area contributed by atoms with Gasteiger partial charge in [0.2, 0.25) is 5.91 Å². The van der Waals surface area contributed by atoms with E-state index in [9.17, 15) is 9.59 Å². The Morgan fingerprint density at radius 1 is 1.20 bits per heavy atom. The van der Waals surface area contributed by atoms with Crippen molar-refractivity contribution in [2.45, 2.75) is 19.8 Å². The zero-order chi connectivity index (χ0) is 18.4. The van der Waals surface area contributed by atoms with Crippen molar-refractivity contribution >= 4 is 33.4 Å². The quantitative estimate of drug-likeness (QED) is 0.770. The van der Waals surface area contributed by atoms with Crippen LogP contribution in [0.15, 0.2) is 40.9 Å². The molecule has 0 aliphatic carbocycles. The topological polar surface area (TPSA) is 67.4 Å². The molecule has 0 radical (unpaired) electrons. The molecule has 5 nitrogen and oxygen atoms in total. The lowest BCUT2D eigenvalue weighted by molar-refractivity contribution is -0.116. The summed E-state index contributed by atoms with van der Waals surface area (Å²) in [7, 11) is 3.20. The fourth-order valence-corrected chi connectivity index (χ4v) is 3.08. The van der Waals surface area contributed by atoms with E-state index < -0.39 is 0 Å². The highest BCUT2D eigenvalue weighted by Crippen LogP contribution is 2.26. The van der Waals surface area contributed by atoms with Gasteiger partial charge in [0.05, 0.1) is 11.6 Å². The van der Waals surface area contributed by atoms with Gasteiger partial charge in [0.15, 0.2) is 0 Å². The molecule has 132 valence electrons. The molecule has 0 aliphatic rings. The average Bonchev–Trinajstić information content (AvgIpc) is 2.61. The Kier molecular flexibility index (Phi) is 6.58. The highest BCUT2D eigenvalue weighted by Gasteiger charge is 2.12. The van der Waals surface area contributed by atoms with E-state index in [4.69, 9.17) is 4.74 Å². The van der Waals surface area contributed by atoms with Gasteiger partial charge < -0.3 is 15.4 Å². The summed E-state index contributed by atoms with van der Waals surface area (Å²) < 4.78 is 6.06. The van der Waals surface area contributed by atoms with Crippen molar-refractivity contribution in [1.82, 2.24) is 5.32 Å². The molecule has 2 rings (SSSR count). The fraction of sp³-hybridized carbons (Fsp3) is 0.263. The smallest absolute Gasteiger partial charge is 0.251 e. The SMILES string of the molecule is CNC(=O)c1cccc(NC(=O)CCc2ccc(OC)c(Br)c2)c1C. The molecule has 0 fully saturated rings. The van der Waals surface area contributed by atoms with Crippen LogP contribution in [0.25, 0.3) is 0 Å². The third kappa shape index (κ3) is 4.82. The Balaban J connectivity index is 2.01. The zero-order valence-corrected chi connectivity index (χ0v) is 16.1. The van der Waals surface area contributed by atoms with Crippen LogP contribution in [-0.2, 0) is 11.2 Å². The van der Waals surface area contributed by atoms with Crippen molar-refractivity contribution in [3.63, 3.8) is 0 Å². The number of amides is 2. The number of halogens is 1. The summed E-state index contributed by atoms with van der Waals surface area (Å²) in [5.41, 5.74) is 3.00. The Bertz CT molecular complexity index is 790. The van der Waals surface area contributed by atoms with Gasteiger partial charge in [-0.15, -0.1) is 0 Å². The van der Waals surface area contributed by atoms with Crippen molar-refractivity contribution < 1.29 is 14.3 Å². The Morgan fingerprint density at radius 3 is 2.60 bits per heavy atom. The van der Waals surface area contributed by atoms with Crippen LogP contribution in [0.2, 0.25) is 0 Å². The number of hydrogen-bond donors (Lipinski definition) is 2. The van der Waals surface area contributed by atoms with Crippen LogP contribution >= 0.6 is 15.9 Å². The Hall–Kier alpha value is -2.34. The number of methoxy groups -OCH3 is 1. The van der Waals surface area contributed by atoms with Gasteiger partial charge in [0.1, 0.15) is 5.75 Å². The van der Waals surface area contributed by atoms with E-state index in [1.54, 1.807) is 32.4 Å². The van der Waals surface area contributed by atoms with E-state index in [0.717, 1.165) is 21.3 Å². The van der Waals surface area contributed by atoms with E-state index in [0.29, 0.717) is 24.1 Å². The second-order valence-electron chi connectivity index (χ2n) is 5.57. The van der Waals surface area contributed by atoms with Crippen molar-refractivity contribution in [3.05, 3.63) is 57.6 Å². The van der Waals surface area contributed by atoms with Crippen molar-refractivity contribution in [2.24, 2.45) is 0 Å². The minimum Gasteiger partial charge on any atom is -0.496 e. The summed E-state index contributed by atoms with van der Waals surface area (Å²) in [4.78, 5) is 24.1. The van der Waals surface area contributed by atoms with Gasteiger partial charge in [0, 0.05) is 24.7 Å². The first-order valence-corrected chi connectivity index (χ1v) is 8.69. The number of aryl methyl sites for hydroxylation is 1. The molecule has 2 aromatic carbocycles. The first-order chi connectivity index (χ1) is 12.0. The number of rotatable bonds is 6. The third-order valence-corrected chi connectivity index (χ3v) is 4.56. The summed E-state index contributed by atoms with van der Waals surface area (Å²) in [6.45, 7) is 1.82. The van der Waals surface area contributed by atoms with Crippen molar-refractivity contribution in [1.29, 1.82) is 0 Å². The molecule has 25 heavy (non-hydrogen) atoms. The molecule has 2 amide bonds. The second kappa shape index (κ2) is 8.67. The number of anilines is 1. The largest absolute Gasteiger partial charge is 0.496 e. The molecule has 2 aromatic rings. The zero-order valence-electron chi connectivity index (χ0n) is 14.5. The number of hydrogen-bond acceptors (Lipinski definition) is 3. The van der Waals surface area contributed by atoms with Gasteiger partial charge >= 0.3 is 0 Å². The van der Waals surface area contributed by atoms with Crippen LogP contribution in [0.3, 0.4) is 0 Å². The highest BCUT2D eigenvalue weighted by atomic mass is 79.9. The first kappa shape index (κ1) is 19.0. The lowest BCUT2D eigenvalue weighted by Crippen LogP contribution is -2.20. The van der Waals surface area contributed by atoms with E-state index in [2.05, 4.69) is 26.6 Å². The molecular weight excluding hydrogens is 384 g/mol. The second-order valence-corrected chi connectivity index (χ2v) is 6.43. The van der Waals surface area contributed by atoms with Crippen LogP contribution in [0.1, 0.15) is 27.9 Å². The van der Waals surface area contributed by atoms with Crippen LogP contribution in [0.5, 0.6) is 5.75 Å². The Morgan fingerprint density at radius 2 is 1.96 bits per heavy atom. The maximum Gasteiger partial charge on any atom is 0.251 e. The van der Waals surface area contributed by atoms with Gasteiger partial charge in [-0.2, -0.15) is 0 Å². The maximum absolute atomic E-state index is 12.2. The third-order valence-electron chi connectivity index (χ3n) is 3.94. The van der Waals surface area contributed by atoms with Crippen LogP contribution in [0.4, 0.5) is 5.69 Å². The molecule has 2 N–H and O–H groups in total. The van der Waals surface area contributed by atoms with Gasteiger partial charge in [0.25, 0.3) is 5.91 Å². The van der Waals surface area contributed by atoms with E-state index >= 15 is 0 Å². The van der Waals surface area contributed by atoms with E-state index in [1.165, 1.54) is 0 Å². The lowest BCUT2D eigenvalue weighted by atomic mass is 10.1. The number of nitrogens with one attached hydrogen (secondary N) is 2. The average molecular weight is 405 g/mol. The number of carbonyl (C=O) groups excluding carboxylic acids is 2. The van der Waals surface area contributed by atoms with Gasteiger partial charge in [-0.05, 0) is 64.7 Å². The first-order valence-electron chi connectivity index (χ1n) is 7.90. The van der Waals surface area contributed by atoms with Gasteiger partial charge in [-0.1, -0.05) is 12.1 Å². The van der Waals surface area contributed by atoms with Crippen LogP contribution in [-0.4, -0.2) is 26.0 Å². The molecule has 0 heterocycles. The van der Waals surface area contributed by atoms with E-state index in [-0.39, 0.29) is 11.8 Å². The molecule has 0 spiro atoms. The van der Waals surface area contributed by atoms with Gasteiger partial charge in [-0.3, -0.25) is 9.59 Å². The fourth-order valence-electron chi connectivity index (χ4n) is 2.49. The molecule has 0 unspecified atom stereocenters. The van der Waals surface area contributed by atoms with Crippen LogP contribution < -0.4 is 15.4 Å². The van der Waals surface area contributed by atoms with E-state index in [1.807, 2.05) is 25.1 Å². The number of carbonyl (C=O) groups is 2. The Labute approximate surface area is 155 Å². The van der Waals surface area contributed by atoms with Crippen molar-refractivity contribution in [3.8, 4) is 5.75 Å². The molecule has 0 aromatic heterocycles. The normalized spacial score (nSPS) is 10.2. The summed E-state index contributed by atoms with van der Waals surface area (Å²) in [6.07, 6.45) is 0.963. The summed E-state index contributed by atoms with van der Waals surface area (Å²) >= 11 is 3.44. The minimum absolute atomic E-state index is 0.0934. The number of benzene rings is 2. The van der Waals surface area contributed by atoms with Crippen molar-refractivity contribution in [2.75, 3.05) is 19.5 Å². The predicted octanol–water partition coefficient (Wildman–Crippen LogP) is 3.70. The van der Waals surface area contributed by atoms with Crippen LogP contribution in [0, 0.1) is 6.92 Å². The highest BCUT2D eigenvalue weighted by molar-refractivity contribution is 9.10. The molecule has 0 aliphatic heterocycles. The molecule has 0 saturated carbocycles. The molecule has 0 atom stereocenters. The standard InChI is InChI=1S/C19H21BrN2O3/c1-12-14(19(24)21-2)5-4-6-16(12)22-18(23)10-8-13-7-9-17(25-3)15(20)11-13/h4-7,9,11H,8,10H2,1-3H3,(H,21,24)(H,22,23). The molecular formula is C19H21BrN2O3. The summed E-state index contributed by atoms with van der Waals surface area (Å²) in [5.74, 6) is 0.496. The lowest BCUT2D eigenvalue weighted by Gasteiger charge is -2.12. The maximum atomic E-state index is 12.2. The monoisotopic (exact) mass is 404 g/mol. The minimum atomic E-state index is -0.170.